The van der Waals surface area contributed by atoms with Gasteiger partial charge in [-0.3, -0.25) is 4.90 Å². The molecule has 0 amide bonds. The lowest BCUT2D eigenvalue weighted by Gasteiger charge is -2.50. The molecule has 0 saturated carbocycles. The third-order valence-electron chi connectivity index (χ3n) is 7.34. The van der Waals surface area contributed by atoms with Crippen LogP contribution in [-0.2, 0) is 12.8 Å². The van der Waals surface area contributed by atoms with Gasteiger partial charge in [-0.1, -0.05) is 56.3 Å². The van der Waals surface area contributed by atoms with Crippen LogP contribution >= 0.6 is 0 Å². The quantitative estimate of drug-likeness (QED) is 0.823. The van der Waals surface area contributed by atoms with Gasteiger partial charge in [0.1, 0.15) is 0 Å². The van der Waals surface area contributed by atoms with Crippen LogP contribution in [0, 0.1) is 5.92 Å². The van der Waals surface area contributed by atoms with Gasteiger partial charge < -0.3 is 5.11 Å². The second-order valence-electron chi connectivity index (χ2n) is 8.89. The van der Waals surface area contributed by atoms with Gasteiger partial charge in [0.25, 0.3) is 0 Å². The van der Waals surface area contributed by atoms with E-state index in [0.29, 0.717) is 17.9 Å². The van der Waals surface area contributed by atoms with Crippen molar-refractivity contribution in [3.05, 3.63) is 70.3 Å². The molecule has 0 unspecified atom stereocenters. The molecule has 26 heavy (non-hydrogen) atoms. The molecule has 0 spiro atoms. The highest BCUT2D eigenvalue weighted by Gasteiger charge is 2.45. The lowest BCUT2D eigenvalue weighted by atomic mass is 9.71. The molecule has 1 fully saturated rings. The number of aliphatic hydroxyl groups is 1. The first kappa shape index (κ1) is 16.5. The standard InChI is InChI=1S/C24H29NO/c1-16(2)24(26)12-13-25-15-21-19-8-4-3-6-17(19)10-11-18-7-5-9-20(23(18)21)22(25)14-24/h3-9,16,21-22,26H,10-15H2,1-2H3/t21-,22-,24+/m1/s1. The van der Waals surface area contributed by atoms with Crippen LogP contribution in [0.4, 0.5) is 0 Å². The van der Waals surface area contributed by atoms with Gasteiger partial charge in [-0.2, -0.15) is 0 Å². The highest BCUT2D eigenvalue weighted by atomic mass is 16.3. The number of hydrogen-bond acceptors (Lipinski definition) is 2. The van der Waals surface area contributed by atoms with Gasteiger partial charge in [-0.05, 0) is 59.4 Å². The second kappa shape index (κ2) is 5.94. The fourth-order valence-corrected chi connectivity index (χ4v) is 5.63. The number of fused-ring (bicyclic) bond motifs is 4. The Morgan fingerprint density at radius 1 is 1.00 bits per heavy atom. The number of piperidine rings is 1. The van der Waals surface area contributed by atoms with Gasteiger partial charge in [0, 0.05) is 25.0 Å². The van der Waals surface area contributed by atoms with Crippen molar-refractivity contribution >= 4 is 0 Å². The maximum atomic E-state index is 11.2. The van der Waals surface area contributed by atoms with Gasteiger partial charge in [-0.25, -0.2) is 0 Å². The van der Waals surface area contributed by atoms with E-state index in [2.05, 4.69) is 61.2 Å². The van der Waals surface area contributed by atoms with Crippen molar-refractivity contribution in [2.45, 2.75) is 57.1 Å². The Morgan fingerprint density at radius 3 is 2.58 bits per heavy atom. The van der Waals surface area contributed by atoms with E-state index in [1.165, 1.54) is 22.3 Å². The molecule has 5 rings (SSSR count). The summed E-state index contributed by atoms with van der Waals surface area (Å²) in [6.07, 6.45) is 4.04. The van der Waals surface area contributed by atoms with Crippen molar-refractivity contribution < 1.29 is 5.11 Å². The molecule has 136 valence electrons. The van der Waals surface area contributed by atoms with Crippen molar-refractivity contribution in [1.29, 1.82) is 0 Å². The first-order chi connectivity index (χ1) is 12.6. The second-order valence-corrected chi connectivity index (χ2v) is 8.89. The lowest BCUT2D eigenvalue weighted by molar-refractivity contribution is -0.0822. The average molecular weight is 348 g/mol. The van der Waals surface area contributed by atoms with Crippen molar-refractivity contribution in [3.8, 4) is 0 Å². The molecule has 2 aromatic rings. The molecule has 2 aliphatic heterocycles. The van der Waals surface area contributed by atoms with Crippen LogP contribution in [0.5, 0.6) is 0 Å². The average Bonchev–Trinajstić information content (AvgIpc) is 2.81. The third kappa shape index (κ3) is 2.39. The summed E-state index contributed by atoms with van der Waals surface area (Å²) in [6, 6.07) is 16.3. The monoisotopic (exact) mass is 347 g/mol. The summed E-state index contributed by atoms with van der Waals surface area (Å²) >= 11 is 0. The summed E-state index contributed by atoms with van der Waals surface area (Å²) < 4.78 is 0. The van der Waals surface area contributed by atoms with Crippen LogP contribution in [0.1, 0.15) is 66.5 Å². The Bertz CT molecular complexity index is 842. The highest BCUT2D eigenvalue weighted by molar-refractivity contribution is 5.51. The molecule has 0 aromatic heterocycles. The van der Waals surface area contributed by atoms with E-state index in [0.717, 1.165) is 38.8 Å². The molecule has 0 radical (unpaired) electrons. The highest BCUT2D eigenvalue weighted by Crippen LogP contribution is 2.49. The number of nitrogens with zero attached hydrogens (tertiary/aromatic N) is 1. The Balaban J connectivity index is 1.65. The minimum absolute atomic E-state index is 0.311. The topological polar surface area (TPSA) is 23.5 Å². The minimum atomic E-state index is -0.528. The Kier molecular flexibility index (Phi) is 3.77. The summed E-state index contributed by atoms with van der Waals surface area (Å²) in [4.78, 5) is 2.65. The summed E-state index contributed by atoms with van der Waals surface area (Å²) in [6.45, 7) is 6.44. The zero-order chi connectivity index (χ0) is 17.9. The molecule has 2 heterocycles. The van der Waals surface area contributed by atoms with E-state index in [-0.39, 0.29) is 0 Å². The fourth-order valence-electron chi connectivity index (χ4n) is 5.63. The number of aryl methyl sites for hydroxylation is 2. The zero-order valence-electron chi connectivity index (χ0n) is 15.9. The van der Waals surface area contributed by atoms with E-state index < -0.39 is 5.60 Å². The van der Waals surface area contributed by atoms with Crippen LogP contribution in [0.25, 0.3) is 0 Å². The molecule has 3 aliphatic rings. The summed E-state index contributed by atoms with van der Waals surface area (Å²) in [5, 5.41) is 11.2. The maximum Gasteiger partial charge on any atom is 0.0700 e. The minimum Gasteiger partial charge on any atom is -0.390 e. The van der Waals surface area contributed by atoms with Crippen LogP contribution < -0.4 is 0 Å². The van der Waals surface area contributed by atoms with Gasteiger partial charge in [0.05, 0.1) is 5.60 Å². The molecular weight excluding hydrogens is 318 g/mol. The molecule has 1 aliphatic carbocycles. The van der Waals surface area contributed by atoms with Crippen LogP contribution in [0.15, 0.2) is 42.5 Å². The van der Waals surface area contributed by atoms with Crippen LogP contribution in [0.2, 0.25) is 0 Å². The summed E-state index contributed by atoms with van der Waals surface area (Å²) in [5.74, 6) is 0.798. The van der Waals surface area contributed by atoms with Gasteiger partial charge in [0.2, 0.25) is 0 Å². The largest absolute Gasteiger partial charge is 0.390 e. The Labute approximate surface area is 156 Å². The Morgan fingerprint density at radius 2 is 1.73 bits per heavy atom. The van der Waals surface area contributed by atoms with Crippen LogP contribution in [0.3, 0.4) is 0 Å². The first-order valence-corrected chi connectivity index (χ1v) is 10.2. The van der Waals surface area contributed by atoms with Crippen LogP contribution in [-0.4, -0.2) is 28.7 Å². The number of rotatable bonds is 1. The normalized spacial score (nSPS) is 30.3. The van der Waals surface area contributed by atoms with Gasteiger partial charge >= 0.3 is 0 Å². The van der Waals surface area contributed by atoms with E-state index >= 15 is 0 Å². The smallest absolute Gasteiger partial charge is 0.0700 e. The summed E-state index contributed by atoms with van der Waals surface area (Å²) in [5.41, 5.74) is 7.11. The predicted molar refractivity (Wildman–Crippen MR) is 105 cm³/mol. The molecule has 2 heteroatoms. The molecule has 0 bridgehead atoms. The predicted octanol–water partition coefficient (Wildman–Crippen LogP) is 4.45. The Hall–Kier alpha value is -1.64. The SMILES string of the molecule is CC(C)[C@]1(O)CCN2C[C@@H]3c4ccccc4CCc4cccc(c43)[C@H]2C1. The number of hydrogen-bond donors (Lipinski definition) is 1. The molecule has 1 N–H and O–H groups in total. The summed E-state index contributed by atoms with van der Waals surface area (Å²) in [7, 11) is 0. The van der Waals surface area contributed by atoms with Crippen molar-refractivity contribution in [3.63, 3.8) is 0 Å². The molecule has 1 saturated heterocycles. The van der Waals surface area contributed by atoms with E-state index in [1.807, 2.05) is 0 Å². The molecule has 2 nitrogen and oxygen atoms in total. The van der Waals surface area contributed by atoms with Crippen molar-refractivity contribution in [2.75, 3.05) is 13.1 Å². The molecule has 2 aromatic carbocycles. The maximum absolute atomic E-state index is 11.2. The zero-order valence-corrected chi connectivity index (χ0v) is 15.9. The number of benzene rings is 2. The lowest BCUT2D eigenvalue weighted by Crippen LogP contribution is -2.51. The van der Waals surface area contributed by atoms with Gasteiger partial charge in [-0.15, -0.1) is 0 Å². The molecular formula is C24H29NO. The third-order valence-corrected chi connectivity index (χ3v) is 7.34. The molecule has 3 atom stereocenters. The van der Waals surface area contributed by atoms with E-state index in [4.69, 9.17) is 0 Å². The van der Waals surface area contributed by atoms with E-state index in [1.54, 1.807) is 5.56 Å². The van der Waals surface area contributed by atoms with Gasteiger partial charge in [0.15, 0.2) is 0 Å². The van der Waals surface area contributed by atoms with E-state index in [9.17, 15) is 5.11 Å². The first-order valence-electron chi connectivity index (χ1n) is 10.2. The van der Waals surface area contributed by atoms with Crippen molar-refractivity contribution in [2.24, 2.45) is 5.92 Å². The van der Waals surface area contributed by atoms with Crippen molar-refractivity contribution in [1.82, 2.24) is 4.90 Å². The fraction of sp³-hybridized carbons (Fsp3) is 0.500.